The topological polar surface area (TPSA) is 53.2 Å². The molecule has 2 aromatic heterocycles. The van der Waals surface area contributed by atoms with Gasteiger partial charge >= 0.3 is 0 Å². The zero-order valence-corrected chi connectivity index (χ0v) is 14.9. The monoisotopic (exact) mass is 338 g/mol. The van der Waals surface area contributed by atoms with Crippen LogP contribution in [0.2, 0.25) is 0 Å². The van der Waals surface area contributed by atoms with E-state index >= 15 is 0 Å². The predicted octanol–water partition coefficient (Wildman–Crippen LogP) is 3.11. The molecule has 0 saturated carbocycles. The fourth-order valence-electron chi connectivity index (χ4n) is 3.92. The van der Waals surface area contributed by atoms with E-state index in [0.717, 1.165) is 58.6 Å². The summed E-state index contributed by atoms with van der Waals surface area (Å²) in [6.07, 6.45) is 3.65. The van der Waals surface area contributed by atoms with Gasteiger partial charge < -0.3 is 9.30 Å². The van der Waals surface area contributed by atoms with Crippen molar-refractivity contribution in [3.05, 3.63) is 50.0 Å². The second kappa shape index (κ2) is 5.76. The minimum absolute atomic E-state index is 0.0382. The van der Waals surface area contributed by atoms with Crippen LogP contribution in [0.5, 0.6) is 5.75 Å². The smallest absolute Gasteiger partial charge is 0.254 e. The number of hydrogen-bond acceptors (Lipinski definition) is 3. The molecule has 1 aliphatic rings. The van der Waals surface area contributed by atoms with Crippen LogP contribution >= 0.6 is 0 Å². The van der Waals surface area contributed by atoms with Crippen LogP contribution in [-0.4, -0.2) is 9.13 Å². The summed E-state index contributed by atoms with van der Waals surface area (Å²) in [5.74, 6) is 0.667. The van der Waals surface area contributed by atoms with Crippen molar-refractivity contribution < 1.29 is 4.74 Å². The first-order valence-corrected chi connectivity index (χ1v) is 8.91. The van der Waals surface area contributed by atoms with Crippen molar-refractivity contribution in [2.45, 2.75) is 46.3 Å². The number of ether oxygens (including phenoxy) is 1. The van der Waals surface area contributed by atoms with Gasteiger partial charge in [0.25, 0.3) is 11.1 Å². The number of nitrogens with zero attached hydrogens (tertiary/aromatic N) is 2. The lowest BCUT2D eigenvalue weighted by molar-refractivity contribution is 0.268. The van der Waals surface area contributed by atoms with E-state index in [2.05, 4.69) is 19.9 Å². The molecule has 0 fully saturated rings. The third-order valence-electron chi connectivity index (χ3n) is 5.09. The van der Waals surface area contributed by atoms with Crippen LogP contribution in [0.15, 0.2) is 27.8 Å². The fourth-order valence-corrected chi connectivity index (χ4v) is 3.92. The fraction of sp³-hybridized carbons (Fsp3) is 0.400. The number of aryl methyl sites for hydroxylation is 3. The van der Waals surface area contributed by atoms with Crippen molar-refractivity contribution in [2.75, 3.05) is 0 Å². The number of pyridine rings is 2. The highest BCUT2D eigenvalue weighted by Crippen LogP contribution is 2.39. The molecule has 0 saturated heterocycles. The van der Waals surface area contributed by atoms with Crippen LogP contribution in [0.4, 0.5) is 0 Å². The molecule has 3 heterocycles. The summed E-state index contributed by atoms with van der Waals surface area (Å²) in [7, 11) is 1.77. The van der Waals surface area contributed by atoms with Gasteiger partial charge in [0.05, 0.1) is 11.0 Å². The quantitative estimate of drug-likeness (QED) is 0.687. The van der Waals surface area contributed by atoms with Gasteiger partial charge in [-0.05, 0) is 30.0 Å². The third kappa shape index (κ3) is 2.22. The summed E-state index contributed by atoms with van der Waals surface area (Å²) < 4.78 is 9.22. The predicted molar refractivity (Wildman–Crippen MR) is 99.6 cm³/mol. The van der Waals surface area contributed by atoms with E-state index in [1.807, 2.05) is 0 Å². The summed E-state index contributed by atoms with van der Waals surface area (Å²) in [6.45, 7) is 4.43. The van der Waals surface area contributed by atoms with Gasteiger partial charge in [-0.1, -0.05) is 26.7 Å². The molecular weight excluding hydrogens is 316 g/mol. The maximum atomic E-state index is 12.5. The van der Waals surface area contributed by atoms with E-state index < -0.39 is 0 Å². The average Bonchev–Trinajstić information content (AvgIpc) is 3.03. The number of aromatic nitrogens is 2. The molecule has 5 heteroatoms. The van der Waals surface area contributed by atoms with Gasteiger partial charge in [-0.25, -0.2) is 0 Å². The molecule has 0 radical (unpaired) electrons. The van der Waals surface area contributed by atoms with E-state index in [4.69, 9.17) is 4.74 Å². The molecule has 3 aromatic rings. The summed E-state index contributed by atoms with van der Waals surface area (Å²) >= 11 is 0. The van der Waals surface area contributed by atoms with Gasteiger partial charge in [0.2, 0.25) is 0 Å². The first kappa shape index (κ1) is 15.9. The second-order valence-corrected chi connectivity index (χ2v) is 6.77. The van der Waals surface area contributed by atoms with Crippen molar-refractivity contribution >= 4 is 21.8 Å². The second-order valence-electron chi connectivity index (χ2n) is 6.77. The van der Waals surface area contributed by atoms with Crippen LogP contribution in [0.3, 0.4) is 0 Å². The van der Waals surface area contributed by atoms with Crippen LogP contribution < -0.4 is 15.9 Å². The Balaban J connectivity index is 2.25. The summed E-state index contributed by atoms with van der Waals surface area (Å²) in [5.41, 5.74) is 3.65. The highest BCUT2D eigenvalue weighted by atomic mass is 16.5. The molecule has 0 unspecified atom stereocenters. The normalized spacial score (nSPS) is 12.9. The average molecular weight is 338 g/mol. The molecular formula is C20H22N2O3. The molecule has 0 bridgehead atoms. The highest BCUT2D eigenvalue weighted by molar-refractivity contribution is 6.05. The van der Waals surface area contributed by atoms with Gasteiger partial charge in [-0.3, -0.25) is 14.2 Å². The molecule has 1 aromatic carbocycles. The first-order valence-electron chi connectivity index (χ1n) is 8.91. The Labute approximate surface area is 145 Å². The Morgan fingerprint density at radius 3 is 2.16 bits per heavy atom. The molecule has 4 rings (SSSR count). The Kier molecular flexibility index (Phi) is 3.67. The summed E-state index contributed by atoms with van der Waals surface area (Å²) in [5, 5.41) is 2.12. The molecule has 1 aliphatic heterocycles. The Hall–Kier alpha value is -2.56. The SMILES string of the molecule is CCCc1cc(=O)n(C)c2c3c4c(cc12)c(CCC)cc(=O)n4CO3. The van der Waals surface area contributed by atoms with Crippen LogP contribution in [-0.2, 0) is 26.6 Å². The van der Waals surface area contributed by atoms with Gasteiger partial charge in [-0.2, -0.15) is 0 Å². The van der Waals surface area contributed by atoms with Gasteiger partial charge in [0, 0.05) is 30.0 Å². The Bertz CT molecular complexity index is 1120. The Morgan fingerprint density at radius 1 is 0.920 bits per heavy atom. The number of hydrogen-bond donors (Lipinski definition) is 0. The molecule has 0 aliphatic carbocycles. The highest BCUT2D eigenvalue weighted by Gasteiger charge is 2.24. The largest absolute Gasteiger partial charge is 0.468 e. The van der Waals surface area contributed by atoms with Gasteiger partial charge in [0.1, 0.15) is 0 Å². The lowest BCUT2D eigenvalue weighted by Gasteiger charge is -2.14. The molecule has 0 amide bonds. The van der Waals surface area contributed by atoms with E-state index in [1.54, 1.807) is 28.3 Å². The van der Waals surface area contributed by atoms with E-state index in [9.17, 15) is 9.59 Å². The lowest BCUT2D eigenvalue weighted by atomic mass is 9.98. The third-order valence-corrected chi connectivity index (χ3v) is 5.09. The van der Waals surface area contributed by atoms with Crippen LogP contribution in [0, 0.1) is 0 Å². The standard InChI is InChI=1S/C20H22N2O3/c1-4-6-12-8-16(23)21(3)18-14(12)10-15-13(7-5-2)9-17(24)22-11-25-20(18)19(15)22/h8-10H,4-7,11H2,1-3H3. The first-order chi connectivity index (χ1) is 12.1. The molecule has 0 atom stereocenters. The molecule has 130 valence electrons. The molecule has 25 heavy (non-hydrogen) atoms. The minimum atomic E-state index is -0.0411. The van der Waals surface area contributed by atoms with Gasteiger partial charge in [-0.15, -0.1) is 0 Å². The number of benzene rings is 1. The maximum absolute atomic E-state index is 12.5. The zero-order chi connectivity index (χ0) is 17.7. The van der Waals surface area contributed by atoms with Crippen LogP contribution in [0.1, 0.15) is 37.8 Å². The zero-order valence-electron chi connectivity index (χ0n) is 14.9. The van der Waals surface area contributed by atoms with Gasteiger partial charge in [0.15, 0.2) is 12.5 Å². The lowest BCUT2D eigenvalue weighted by Crippen LogP contribution is -2.19. The van der Waals surface area contributed by atoms with Crippen LogP contribution in [0.25, 0.3) is 21.8 Å². The van der Waals surface area contributed by atoms with E-state index in [-0.39, 0.29) is 17.8 Å². The number of rotatable bonds is 4. The van der Waals surface area contributed by atoms with Crippen molar-refractivity contribution in [3.8, 4) is 5.75 Å². The van der Waals surface area contributed by atoms with Crippen molar-refractivity contribution in [3.63, 3.8) is 0 Å². The van der Waals surface area contributed by atoms with E-state index in [1.165, 1.54) is 0 Å². The molecule has 0 spiro atoms. The molecule has 0 N–H and O–H groups in total. The molecule has 5 nitrogen and oxygen atoms in total. The summed E-state index contributed by atoms with van der Waals surface area (Å²) in [6, 6.07) is 5.61. The number of fused-ring (bicyclic) bond motifs is 2. The van der Waals surface area contributed by atoms with Crippen molar-refractivity contribution in [1.29, 1.82) is 0 Å². The summed E-state index contributed by atoms with van der Waals surface area (Å²) in [4.78, 5) is 24.9. The van der Waals surface area contributed by atoms with Crippen molar-refractivity contribution in [2.24, 2.45) is 7.05 Å². The Morgan fingerprint density at radius 2 is 1.52 bits per heavy atom. The van der Waals surface area contributed by atoms with Crippen molar-refractivity contribution in [1.82, 2.24) is 9.13 Å². The van der Waals surface area contributed by atoms with E-state index in [0.29, 0.717) is 5.75 Å². The minimum Gasteiger partial charge on any atom is -0.468 e. The maximum Gasteiger partial charge on any atom is 0.254 e.